The molecule has 1 aliphatic rings. The van der Waals surface area contributed by atoms with E-state index in [0.29, 0.717) is 15.6 Å². The number of rotatable bonds is 12. The molecule has 0 saturated heterocycles. The Hall–Kier alpha value is -4.62. The van der Waals surface area contributed by atoms with Crippen molar-refractivity contribution in [2.75, 3.05) is 0 Å². The third kappa shape index (κ3) is 13.0. The third-order valence-corrected chi connectivity index (χ3v) is 8.42. The maximum Gasteiger partial charge on any atom is 0.490 e. The van der Waals surface area contributed by atoms with Crippen molar-refractivity contribution in [3.8, 4) is 0 Å². The van der Waals surface area contributed by atoms with Crippen LogP contribution in [0.3, 0.4) is 0 Å². The van der Waals surface area contributed by atoms with Crippen LogP contribution in [0.4, 0.5) is 13.2 Å². The van der Waals surface area contributed by atoms with E-state index in [1.165, 1.54) is 0 Å². The zero-order chi connectivity index (χ0) is 36.8. The number of amides is 3. The van der Waals surface area contributed by atoms with E-state index in [4.69, 9.17) is 44.2 Å². The van der Waals surface area contributed by atoms with E-state index in [1.54, 1.807) is 42.5 Å². The summed E-state index contributed by atoms with van der Waals surface area (Å²) in [6.07, 6.45) is -0.335. The molecule has 1 fully saturated rings. The fourth-order valence-corrected chi connectivity index (χ4v) is 5.97. The largest absolute Gasteiger partial charge is 0.490 e. The molecule has 0 spiro atoms. The van der Waals surface area contributed by atoms with Crippen LogP contribution in [0.1, 0.15) is 54.4 Å². The highest BCUT2D eigenvalue weighted by Crippen LogP contribution is 2.27. The van der Waals surface area contributed by atoms with Crippen molar-refractivity contribution >= 4 is 52.7 Å². The van der Waals surface area contributed by atoms with Gasteiger partial charge in [0.25, 0.3) is 0 Å². The van der Waals surface area contributed by atoms with Crippen molar-refractivity contribution in [3.63, 3.8) is 0 Å². The molecule has 0 unspecified atom stereocenters. The SMILES string of the molecule is N=C(N)c1ccc(C[C@H](C(=O)NCc2ccccc2)C(=O)N[C@H](C(=O)NCc2cc(Cl)cc(Cl)c2)C2CCCCC2)cc1.O=C(O)C(F)(F)F. The quantitative estimate of drug-likeness (QED) is 0.0783. The number of hydrogen-bond donors (Lipinski definition) is 6. The predicted octanol–water partition coefficient (Wildman–Crippen LogP) is 5.77. The van der Waals surface area contributed by atoms with Gasteiger partial charge in [-0.05, 0) is 60.1 Å². The number of nitrogens with one attached hydrogen (secondary N) is 4. The van der Waals surface area contributed by atoms with Crippen LogP contribution in [0, 0.1) is 17.2 Å². The van der Waals surface area contributed by atoms with Gasteiger partial charge in [0.05, 0.1) is 0 Å². The predicted molar refractivity (Wildman–Crippen MR) is 183 cm³/mol. The molecule has 4 rings (SSSR count). The summed E-state index contributed by atoms with van der Waals surface area (Å²) in [7, 11) is 0. The number of amidine groups is 1. The molecule has 3 aromatic rings. The van der Waals surface area contributed by atoms with Gasteiger partial charge in [-0.2, -0.15) is 13.2 Å². The summed E-state index contributed by atoms with van der Waals surface area (Å²) < 4.78 is 31.7. The van der Waals surface area contributed by atoms with E-state index >= 15 is 0 Å². The third-order valence-electron chi connectivity index (χ3n) is 7.98. The summed E-state index contributed by atoms with van der Waals surface area (Å²) in [6.45, 7) is 0.461. The standard InChI is InChI=1S/C33H37Cl2N5O3.C2HF3O2/c34-26-15-23(16-27(35)18-26)20-39-33(43)29(24-9-5-2-6-10-24)40-32(42)28(17-21-11-13-25(14-12-21)30(36)37)31(41)38-19-22-7-3-1-4-8-22;3-2(4,5)1(6)7/h1,3-4,7-8,11-16,18,24,28-29H,2,5-6,9-10,17,19-20H2,(H3,36,37)(H,38,41)(H,39,43)(H,40,42);(H,6,7)/t28-,29+;/m1./s1. The second kappa shape index (κ2) is 19.0. The molecular formula is C35H38Cl2F3N5O5. The smallest absolute Gasteiger partial charge is 0.475 e. The van der Waals surface area contributed by atoms with E-state index in [1.807, 2.05) is 30.3 Å². The van der Waals surface area contributed by atoms with Crippen LogP contribution in [0.25, 0.3) is 0 Å². The molecule has 2 atom stereocenters. The van der Waals surface area contributed by atoms with Gasteiger partial charge in [0, 0.05) is 28.7 Å². The lowest BCUT2D eigenvalue weighted by molar-refractivity contribution is -0.192. The van der Waals surface area contributed by atoms with Gasteiger partial charge in [-0.25, -0.2) is 4.79 Å². The van der Waals surface area contributed by atoms with Gasteiger partial charge in [0.1, 0.15) is 17.8 Å². The van der Waals surface area contributed by atoms with Crippen molar-refractivity contribution in [1.29, 1.82) is 5.41 Å². The fourth-order valence-electron chi connectivity index (χ4n) is 5.40. The molecule has 50 heavy (non-hydrogen) atoms. The summed E-state index contributed by atoms with van der Waals surface area (Å²) in [5, 5.41) is 24.5. The molecular weight excluding hydrogens is 698 g/mol. The number of hydrogen-bond acceptors (Lipinski definition) is 5. The summed E-state index contributed by atoms with van der Waals surface area (Å²) in [5.74, 6) is -5.23. The fraction of sp³-hybridized carbons (Fsp3) is 0.343. The number of benzene rings is 3. The lowest BCUT2D eigenvalue weighted by atomic mass is 9.83. The highest BCUT2D eigenvalue weighted by atomic mass is 35.5. The van der Waals surface area contributed by atoms with E-state index in [9.17, 15) is 27.6 Å². The first kappa shape index (κ1) is 39.8. The number of halogens is 5. The molecule has 15 heteroatoms. The van der Waals surface area contributed by atoms with Crippen LogP contribution in [-0.4, -0.2) is 46.9 Å². The van der Waals surface area contributed by atoms with Gasteiger partial charge in [-0.15, -0.1) is 0 Å². The van der Waals surface area contributed by atoms with Crippen molar-refractivity contribution in [3.05, 3.63) is 105 Å². The highest BCUT2D eigenvalue weighted by molar-refractivity contribution is 6.34. The average molecular weight is 737 g/mol. The number of nitrogen functional groups attached to an aromatic ring is 1. The Kier molecular flexibility index (Phi) is 15.1. The van der Waals surface area contributed by atoms with Crippen LogP contribution in [0.15, 0.2) is 72.8 Å². The Morgan fingerprint density at radius 2 is 1.34 bits per heavy atom. The number of nitrogens with two attached hydrogens (primary N) is 1. The first-order chi connectivity index (χ1) is 23.6. The zero-order valence-corrected chi connectivity index (χ0v) is 28.4. The summed E-state index contributed by atoms with van der Waals surface area (Å²) in [4.78, 5) is 49.8. The lowest BCUT2D eigenvalue weighted by Gasteiger charge is -2.31. The zero-order valence-electron chi connectivity index (χ0n) is 26.9. The van der Waals surface area contributed by atoms with Crippen LogP contribution in [0.2, 0.25) is 10.0 Å². The number of carbonyl (C=O) groups excluding carboxylic acids is 3. The van der Waals surface area contributed by atoms with Gasteiger partial charge < -0.3 is 26.8 Å². The number of aliphatic carboxylic acids is 1. The second-order valence-electron chi connectivity index (χ2n) is 11.8. The topological polar surface area (TPSA) is 174 Å². The molecule has 3 amide bonds. The molecule has 3 aromatic carbocycles. The molecule has 10 nitrogen and oxygen atoms in total. The molecule has 0 heterocycles. The molecule has 0 aliphatic heterocycles. The van der Waals surface area contributed by atoms with E-state index in [2.05, 4.69) is 16.0 Å². The van der Waals surface area contributed by atoms with Gasteiger partial charge in [0.15, 0.2) is 0 Å². The Balaban J connectivity index is 0.000000872. The molecule has 7 N–H and O–H groups in total. The Morgan fingerprint density at radius 3 is 1.88 bits per heavy atom. The van der Waals surface area contributed by atoms with E-state index in [0.717, 1.165) is 48.8 Å². The number of carbonyl (C=O) groups is 4. The minimum Gasteiger partial charge on any atom is -0.475 e. The van der Waals surface area contributed by atoms with Crippen LogP contribution in [-0.2, 0) is 38.7 Å². The van der Waals surface area contributed by atoms with Crippen molar-refractivity contribution in [1.82, 2.24) is 16.0 Å². The van der Waals surface area contributed by atoms with Crippen LogP contribution >= 0.6 is 23.2 Å². The molecule has 0 radical (unpaired) electrons. The first-order valence-electron chi connectivity index (χ1n) is 15.7. The van der Waals surface area contributed by atoms with Crippen LogP contribution in [0.5, 0.6) is 0 Å². The maximum atomic E-state index is 13.9. The average Bonchev–Trinajstić information content (AvgIpc) is 3.08. The summed E-state index contributed by atoms with van der Waals surface area (Å²) in [6, 6.07) is 20.6. The van der Waals surface area contributed by atoms with Crippen molar-refractivity contribution in [2.45, 2.75) is 63.8 Å². The minimum atomic E-state index is -5.08. The van der Waals surface area contributed by atoms with Crippen molar-refractivity contribution < 1.29 is 37.5 Å². The molecule has 1 aliphatic carbocycles. The maximum absolute atomic E-state index is 13.9. The van der Waals surface area contributed by atoms with Gasteiger partial charge in [0.2, 0.25) is 17.7 Å². The van der Waals surface area contributed by atoms with Gasteiger partial charge in [-0.3, -0.25) is 19.8 Å². The molecule has 0 aromatic heterocycles. The minimum absolute atomic E-state index is 0.0523. The number of carboxylic acids is 1. The summed E-state index contributed by atoms with van der Waals surface area (Å²) in [5.41, 5.74) is 8.52. The molecule has 0 bridgehead atoms. The van der Waals surface area contributed by atoms with Gasteiger partial charge in [-0.1, -0.05) is 97.1 Å². The Labute approximate surface area is 297 Å². The van der Waals surface area contributed by atoms with Crippen molar-refractivity contribution in [2.24, 2.45) is 17.6 Å². The molecule has 268 valence electrons. The van der Waals surface area contributed by atoms with E-state index in [-0.39, 0.29) is 37.2 Å². The number of carboxylic acid groups (broad SMARTS) is 1. The number of alkyl halides is 3. The van der Waals surface area contributed by atoms with Crippen LogP contribution < -0.4 is 21.7 Å². The Morgan fingerprint density at radius 1 is 0.800 bits per heavy atom. The Bertz CT molecular complexity index is 1620. The van der Waals surface area contributed by atoms with Gasteiger partial charge >= 0.3 is 12.1 Å². The summed E-state index contributed by atoms with van der Waals surface area (Å²) >= 11 is 12.3. The monoisotopic (exact) mass is 735 g/mol. The van der Waals surface area contributed by atoms with E-state index < -0.39 is 35.9 Å². The molecule has 1 saturated carbocycles. The lowest BCUT2D eigenvalue weighted by Crippen LogP contribution is -2.54. The first-order valence-corrected chi connectivity index (χ1v) is 16.5. The second-order valence-corrected chi connectivity index (χ2v) is 12.6. The normalized spacial score (nSPS) is 14.3. The highest BCUT2D eigenvalue weighted by Gasteiger charge is 2.38.